The topological polar surface area (TPSA) is 59.8 Å². The summed E-state index contributed by atoms with van der Waals surface area (Å²) in [4.78, 5) is 28.5. The number of halogens is 2. The quantitative estimate of drug-likeness (QED) is 0.399. The molecule has 0 aliphatic carbocycles. The molecule has 0 saturated carbocycles. The van der Waals surface area contributed by atoms with Gasteiger partial charge >= 0.3 is 0 Å². The minimum Gasteiger partial charge on any atom is -0.494 e. The van der Waals surface area contributed by atoms with E-state index in [0.717, 1.165) is 0 Å². The summed E-state index contributed by atoms with van der Waals surface area (Å²) < 4.78 is 25.1. The van der Waals surface area contributed by atoms with E-state index in [-0.39, 0.29) is 27.7 Å². The lowest BCUT2D eigenvalue weighted by molar-refractivity contribution is 0.0971. The maximum atomic E-state index is 13.6. The summed E-state index contributed by atoms with van der Waals surface area (Å²) in [6.07, 6.45) is 0. The van der Waals surface area contributed by atoms with Crippen LogP contribution in [0.2, 0.25) is 5.02 Å². The van der Waals surface area contributed by atoms with Gasteiger partial charge in [-0.25, -0.2) is 4.39 Å². The van der Waals surface area contributed by atoms with E-state index in [9.17, 15) is 14.0 Å². The molecule has 32 heavy (non-hydrogen) atoms. The van der Waals surface area contributed by atoms with Crippen LogP contribution in [0, 0.1) is 5.82 Å². The third-order valence-electron chi connectivity index (χ3n) is 5.42. The Hall–Kier alpha value is -3.64. The van der Waals surface area contributed by atoms with Gasteiger partial charge in [-0.3, -0.25) is 14.5 Å². The molecule has 3 aromatic carbocycles. The van der Waals surface area contributed by atoms with Crippen LogP contribution in [-0.2, 0) is 0 Å². The molecule has 1 aliphatic heterocycles. The highest BCUT2D eigenvalue weighted by Crippen LogP contribution is 2.42. The van der Waals surface area contributed by atoms with Crippen molar-refractivity contribution in [3.05, 3.63) is 105 Å². The van der Waals surface area contributed by atoms with E-state index in [1.165, 1.54) is 35.2 Å². The van der Waals surface area contributed by atoms with Crippen LogP contribution in [0.3, 0.4) is 0 Å². The average Bonchev–Trinajstić information content (AvgIpc) is 3.08. The number of nitrogens with zero attached hydrogens (tertiary/aromatic N) is 1. The number of benzene rings is 3. The number of hydrogen-bond donors (Lipinski definition) is 0. The van der Waals surface area contributed by atoms with Crippen molar-refractivity contribution in [3.8, 4) is 5.75 Å². The molecule has 1 aliphatic rings. The second-order valence-electron chi connectivity index (χ2n) is 7.37. The Morgan fingerprint density at radius 1 is 1.06 bits per heavy atom. The molecule has 0 bridgehead atoms. The predicted molar refractivity (Wildman–Crippen MR) is 120 cm³/mol. The largest absolute Gasteiger partial charge is 0.494 e. The Morgan fingerprint density at radius 3 is 2.59 bits per heavy atom. The first-order chi connectivity index (χ1) is 15.5. The van der Waals surface area contributed by atoms with Gasteiger partial charge in [0.05, 0.1) is 23.6 Å². The number of fused-ring (bicyclic) bond motifs is 2. The molecule has 7 heteroatoms. The molecule has 0 saturated heterocycles. The second-order valence-corrected chi connectivity index (χ2v) is 7.81. The number of amides is 1. The summed E-state index contributed by atoms with van der Waals surface area (Å²) in [5.74, 6) is -0.339. The Balaban J connectivity index is 1.79. The van der Waals surface area contributed by atoms with Gasteiger partial charge in [0.15, 0.2) is 5.43 Å². The molecule has 2 heterocycles. The fourth-order valence-corrected chi connectivity index (χ4v) is 4.24. The second kappa shape index (κ2) is 7.80. The SMILES string of the molecule is CCOc1cccc(C2c3c(oc4ccc(Cl)cc4c3=O)C(=O)N2c2ccc(F)cc2)c1. The van der Waals surface area contributed by atoms with Gasteiger partial charge in [-0.1, -0.05) is 23.7 Å². The molecular formula is C25H17ClFNO4. The summed E-state index contributed by atoms with van der Waals surface area (Å²) in [5.41, 5.74) is 1.25. The highest BCUT2D eigenvalue weighted by atomic mass is 35.5. The van der Waals surface area contributed by atoms with Crippen LogP contribution in [0.4, 0.5) is 10.1 Å². The number of carbonyl (C=O) groups excluding carboxylic acids is 1. The van der Waals surface area contributed by atoms with Gasteiger partial charge in [0.25, 0.3) is 5.91 Å². The van der Waals surface area contributed by atoms with Gasteiger partial charge in [-0.05, 0) is 67.1 Å². The van der Waals surface area contributed by atoms with Crippen molar-refractivity contribution >= 4 is 34.2 Å². The number of anilines is 1. The Bertz CT molecular complexity index is 1410. The molecule has 5 rings (SSSR count). The summed E-state index contributed by atoms with van der Waals surface area (Å²) >= 11 is 6.11. The van der Waals surface area contributed by atoms with E-state index in [0.29, 0.717) is 28.6 Å². The monoisotopic (exact) mass is 449 g/mol. The standard InChI is InChI=1S/C25H17ClFNO4/c1-2-31-18-5-3-4-14(12-18)22-21-23(29)19-13-15(26)6-11-20(19)32-24(21)25(30)28(22)17-9-7-16(27)8-10-17/h3-13,22H,2H2,1H3. The summed E-state index contributed by atoms with van der Waals surface area (Å²) in [7, 11) is 0. The highest BCUT2D eigenvalue weighted by Gasteiger charge is 2.43. The highest BCUT2D eigenvalue weighted by molar-refractivity contribution is 6.31. The molecule has 4 aromatic rings. The number of carbonyl (C=O) groups is 1. The molecule has 0 N–H and O–H groups in total. The van der Waals surface area contributed by atoms with Crippen molar-refractivity contribution < 1.29 is 18.3 Å². The third-order valence-corrected chi connectivity index (χ3v) is 5.66. The molecule has 1 unspecified atom stereocenters. The Morgan fingerprint density at radius 2 is 1.84 bits per heavy atom. The van der Waals surface area contributed by atoms with E-state index in [1.54, 1.807) is 30.3 Å². The molecule has 1 atom stereocenters. The summed E-state index contributed by atoms with van der Waals surface area (Å²) in [6, 6.07) is 16.7. The van der Waals surface area contributed by atoms with E-state index in [4.69, 9.17) is 20.8 Å². The van der Waals surface area contributed by atoms with Crippen LogP contribution in [0.1, 0.15) is 34.6 Å². The lowest BCUT2D eigenvalue weighted by Gasteiger charge is -2.25. The summed E-state index contributed by atoms with van der Waals surface area (Å²) in [5, 5.41) is 0.676. The van der Waals surface area contributed by atoms with Gasteiger partial charge in [-0.15, -0.1) is 0 Å². The van der Waals surface area contributed by atoms with Crippen molar-refractivity contribution in [1.82, 2.24) is 0 Å². The van der Waals surface area contributed by atoms with Crippen molar-refractivity contribution in [2.45, 2.75) is 13.0 Å². The van der Waals surface area contributed by atoms with Crippen LogP contribution in [-0.4, -0.2) is 12.5 Å². The molecule has 0 radical (unpaired) electrons. The first-order valence-electron chi connectivity index (χ1n) is 10.1. The van der Waals surface area contributed by atoms with Crippen molar-refractivity contribution in [3.63, 3.8) is 0 Å². The Labute approximate surface area is 187 Å². The van der Waals surface area contributed by atoms with E-state index < -0.39 is 17.8 Å². The molecule has 0 fully saturated rings. The Kier molecular flexibility index (Phi) is 4.94. The van der Waals surface area contributed by atoms with Crippen LogP contribution >= 0.6 is 11.6 Å². The van der Waals surface area contributed by atoms with Crippen LogP contribution in [0.5, 0.6) is 5.75 Å². The molecule has 160 valence electrons. The zero-order valence-corrected chi connectivity index (χ0v) is 17.7. The van der Waals surface area contributed by atoms with Gasteiger partial charge < -0.3 is 9.15 Å². The van der Waals surface area contributed by atoms with E-state index >= 15 is 0 Å². The number of ether oxygens (including phenoxy) is 1. The minimum absolute atomic E-state index is 0.0408. The van der Waals surface area contributed by atoms with Crippen LogP contribution in [0.15, 0.2) is 75.9 Å². The minimum atomic E-state index is -0.775. The van der Waals surface area contributed by atoms with Crippen molar-refractivity contribution in [1.29, 1.82) is 0 Å². The number of rotatable bonds is 4. The first-order valence-corrected chi connectivity index (χ1v) is 10.4. The van der Waals surface area contributed by atoms with Gasteiger partial charge in [-0.2, -0.15) is 0 Å². The maximum Gasteiger partial charge on any atom is 0.295 e. The molecular weight excluding hydrogens is 433 g/mol. The molecule has 1 amide bonds. The van der Waals surface area contributed by atoms with Crippen LogP contribution in [0.25, 0.3) is 11.0 Å². The van der Waals surface area contributed by atoms with Gasteiger partial charge in [0, 0.05) is 10.7 Å². The average molecular weight is 450 g/mol. The van der Waals surface area contributed by atoms with Crippen molar-refractivity contribution in [2.24, 2.45) is 0 Å². The lowest BCUT2D eigenvalue weighted by Crippen LogP contribution is -2.29. The normalized spacial score (nSPS) is 15.3. The lowest BCUT2D eigenvalue weighted by atomic mass is 9.98. The maximum absolute atomic E-state index is 13.6. The van der Waals surface area contributed by atoms with Gasteiger partial charge in [0.1, 0.15) is 17.1 Å². The third kappa shape index (κ3) is 3.24. The van der Waals surface area contributed by atoms with Gasteiger partial charge in [0.2, 0.25) is 5.76 Å². The fourth-order valence-electron chi connectivity index (χ4n) is 4.07. The molecule has 0 spiro atoms. The first kappa shape index (κ1) is 20.3. The zero-order valence-electron chi connectivity index (χ0n) is 17.0. The predicted octanol–water partition coefficient (Wildman–Crippen LogP) is 5.73. The van der Waals surface area contributed by atoms with Crippen molar-refractivity contribution in [2.75, 3.05) is 11.5 Å². The van der Waals surface area contributed by atoms with E-state index in [2.05, 4.69) is 0 Å². The molecule has 5 nitrogen and oxygen atoms in total. The molecule has 1 aromatic heterocycles. The fraction of sp³-hybridized carbons (Fsp3) is 0.120. The summed E-state index contributed by atoms with van der Waals surface area (Å²) in [6.45, 7) is 2.34. The number of hydrogen-bond acceptors (Lipinski definition) is 4. The smallest absolute Gasteiger partial charge is 0.295 e. The van der Waals surface area contributed by atoms with Crippen LogP contribution < -0.4 is 15.1 Å². The van der Waals surface area contributed by atoms with E-state index in [1.807, 2.05) is 13.0 Å². The zero-order chi connectivity index (χ0) is 22.4.